The van der Waals surface area contributed by atoms with Gasteiger partial charge in [0.1, 0.15) is 0 Å². The third-order valence-electron chi connectivity index (χ3n) is 2.65. The van der Waals surface area contributed by atoms with E-state index in [1.165, 1.54) is 7.11 Å². The minimum atomic E-state index is -0.305. The molecule has 0 radical (unpaired) electrons. The van der Waals surface area contributed by atoms with E-state index in [9.17, 15) is 4.79 Å². The van der Waals surface area contributed by atoms with Gasteiger partial charge < -0.3 is 9.30 Å². The zero-order valence-corrected chi connectivity index (χ0v) is 11.0. The predicted molar refractivity (Wildman–Crippen MR) is 66.7 cm³/mol. The van der Waals surface area contributed by atoms with E-state index in [1.807, 2.05) is 30.8 Å². The number of methoxy groups -OCH3 is 1. The molecule has 0 bridgehead atoms. The van der Waals surface area contributed by atoms with Crippen LogP contribution in [0, 0.1) is 6.92 Å². The Bertz CT molecular complexity index is 572. The first-order valence-corrected chi connectivity index (χ1v) is 5.67. The molecule has 0 atom stereocenters. The van der Waals surface area contributed by atoms with Gasteiger partial charge in [-0.25, -0.2) is 4.79 Å². The smallest absolute Gasteiger partial charge is 0.338 e. The lowest BCUT2D eigenvalue weighted by molar-refractivity contribution is 0.0603. The Hall–Kier alpha value is -1.29. The number of aromatic nitrogens is 1. The number of carbonyl (C=O) groups is 1. The third-order valence-corrected chi connectivity index (χ3v) is 3.11. The zero-order chi connectivity index (χ0) is 11.9. The normalized spacial score (nSPS) is 10.8. The minimum absolute atomic E-state index is 0.305. The van der Waals surface area contributed by atoms with Gasteiger partial charge in [0.15, 0.2) is 0 Å². The average molecular weight is 282 g/mol. The largest absolute Gasteiger partial charge is 0.465 e. The van der Waals surface area contributed by atoms with E-state index >= 15 is 0 Å². The number of aryl methyl sites for hydroxylation is 2. The number of ether oxygens (including phenoxy) is 1. The van der Waals surface area contributed by atoms with Crippen molar-refractivity contribution in [1.29, 1.82) is 0 Å². The Balaban J connectivity index is 2.86. The molecule has 2 rings (SSSR count). The second kappa shape index (κ2) is 3.94. The van der Waals surface area contributed by atoms with Crippen LogP contribution < -0.4 is 0 Å². The molecule has 0 N–H and O–H groups in total. The maximum atomic E-state index is 11.7. The van der Waals surface area contributed by atoms with Crippen molar-refractivity contribution < 1.29 is 9.53 Å². The molecule has 0 saturated carbocycles. The van der Waals surface area contributed by atoms with Gasteiger partial charge in [0.05, 0.1) is 18.2 Å². The van der Waals surface area contributed by atoms with Crippen LogP contribution in [-0.2, 0) is 11.8 Å². The van der Waals surface area contributed by atoms with Gasteiger partial charge in [-0.2, -0.15) is 0 Å². The topological polar surface area (TPSA) is 31.2 Å². The summed E-state index contributed by atoms with van der Waals surface area (Å²) >= 11 is 3.40. The first kappa shape index (κ1) is 11.2. The van der Waals surface area contributed by atoms with Crippen LogP contribution in [0.15, 0.2) is 22.8 Å². The number of halogens is 1. The van der Waals surface area contributed by atoms with Crippen molar-refractivity contribution in [3.63, 3.8) is 0 Å². The van der Waals surface area contributed by atoms with E-state index in [1.54, 1.807) is 6.07 Å². The van der Waals surface area contributed by atoms with E-state index < -0.39 is 0 Å². The summed E-state index contributed by atoms with van der Waals surface area (Å²) in [5, 5.41) is 0.956. The number of esters is 1. The van der Waals surface area contributed by atoms with Crippen LogP contribution in [0.25, 0.3) is 10.9 Å². The van der Waals surface area contributed by atoms with Crippen molar-refractivity contribution in [2.75, 3.05) is 7.11 Å². The standard InChI is InChI=1S/C12H12BrNO2/c1-7-6-14(2)10-5-8(13)4-9(11(7)10)12(15)16-3/h4-6H,1-3H3. The number of nitrogens with zero attached hydrogens (tertiary/aromatic N) is 1. The Kier molecular flexibility index (Phi) is 2.76. The number of hydrogen-bond acceptors (Lipinski definition) is 2. The van der Waals surface area contributed by atoms with Crippen LogP contribution in [0.3, 0.4) is 0 Å². The van der Waals surface area contributed by atoms with Gasteiger partial charge in [-0.05, 0) is 24.6 Å². The van der Waals surface area contributed by atoms with E-state index in [4.69, 9.17) is 4.74 Å². The molecule has 4 heteroatoms. The summed E-state index contributed by atoms with van der Waals surface area (Å²) in [6.07, 6.45) is 2.00. The highest BCUT2D eigenvalue weighted by molar-refractivity contribution is 9.10. The van der Waals surface area contributed by atoms with Gasteiger partial charge in [-0.3, -0.25) is 0 Å². The molecule has 0 fully saturated rings. The Morgan fingerprint density at radius 2 is 2.12 bits per heavy atom. The van der Waals surface area contributed by atoms with Crippen LogP contribution in [0.1, 0.15) is 15.9 Å². The molecule has 0 amide bonds. The highest BCUT2D eigenvalue weighted by atomic mass is 79.9. The molecule has 1 heterocycles. The van der Waals surface area contributed by atoms with Crippen molar-refractivity contribution >= 4 is 32.8 Å². The Labute approximate surface area is 102 Å². The van der Waals surface area contributed by atoms with Gasteiger partial charge >= 0.3 is 5.97 Å². The maximum Gasteiger partial charge on any atom is 0.338 e. The lowest BCUT2D eigenvalue weighted by Gasteiger charge is -2.04. The maximum absolute atomic E-state index is 11.7. The molecule has 16 heavy (non-hydrogen) atoms. The van der Waals surface area contributed by atoms with E-state index in [2.05, 4.69) is 15.9 Å². The van der Waals surface area contributed by atoms with Gasteiger partial charge in [-0.1, -0.05) is 15.9 Å². The number of benzene rings is 1. The summed E-state index contributed by atoms with van der Waals surface area (Å²) in [5.41, 5.74) is 2.70. The second-order valence-corrected chi connectivity index (χ2v) is 4.68. The summed E-state index contributed by atoms with van der Waals surface area (Å²) < 4.78 is 7.67. The SMILES string of the molecule is COC(=O)c1cc(Br)cc2c1c(C)cn2C. The first-order chi connectivity index (χ1) is 7.54. The summed E-state index contributed by atoms with van der Waals surface area (Å²) in [6, 6.07) is 3.79. The number of carbonyl (C=O) groups excluding carboxylic acids is 1. The quantitative estimate of drug-likeness (QED) is 0.753. The Morgan fingerprint density at radius 1 is 1.44 bits per heavy atom. The van der Waals surface area contributed by atoms with Gasteiger partial charge in [0, 0.05) is 23.1 Å². The second-order valence-electron chi connectivity index (χ2n) is 3.76. The molecule has 1 aromatic carbocycles. The molecule has 2 aromatic rings. The van der Waals surface area contributed by atoms with Crippen molar-refractivity contribution in [1.82, 2.24) is 4.57 Å². The van der Waals surface area contributed by atoms with Gasteiger partial charge in [0.25, 0.3) is 0 Å². The molecule has 84 valence electrons. The zero-order valence-electron chi connectivity index (χ0n) is 9.37. The molecule has 0 spiro atoms. The molecule has 0 unspecified atom stereocenters. The van der Waals surface area contributed by atoms with Crippen molar-refractivity contribution in [3.8, 4) is 0 Å². The highest BCUT2D eigenvalue weighted by Gasteiger charge is 2.15. The first-order valence-electron chi connectivity index (χ1n) is 4.88. The molecule has 3 nitrogen and oxygen atoms in total. The van der Waals surface area contributed by atoms with E-state index in [0.29, 0.717) is 5.56 Å². The summed E-state index contributed by atoms with van der Waals surface area (Å²) in [4.78, 5) is 11.7. The summed E-state index contributed by atoms with van der Waals surface area (Å²) in [7, 11) is 3.36. The predicted octanol–water partition coefficient (Wildman–Crippen LogP) is 3.04. The number of hydrogen-bond donors (Lipinski definition) is 0. The fraction of sp³-hybridized carbons (Fsp3) is 0.250. The van der Waals surface area contributed by atoms with Crippen molar-refractivity contribution in [2.45, 2.75) is 6.92 Å². The monoisotopic (exact) mass is 281 g/mol. The van der Waals surface area contributed by atoms with Crippen LogP contribution in [-0.4, -0.2) is 17.6 Å². The van der Waals surface area contributed by atoms with Crippen molar-refractivity contribution in [2.24, 2.45) is 7.05 Å². The van der Waals surface area contributed by atoms with Gasteiger partial charge in [0.2, 0.25) is 0 Å². The molecular formula is C12H12BrNO2. The average Bonchev–Trinajstić information content (AvgIpc) is 2.52. The van der Waals surface area contributed by atoms with Crippen LogP contribution in [0.5, 0.6) is 0 Å². The molecule has 0 aliphatic carbocycles. The summed E-state index contributed by atoms with van der Waals surface area (Å²) in [6.45, 7) is 1.99. The lowest BCUT2D eigenvalue weighted by atomic mass is 10.1. The number of fused-ring (bicyclic) bond motifs is 1. The molecule has 0 saturated heterocycles. The van der Waals surface area contributed by atoms with Crippen LogP contribution in [0.2, 0.25) is 0 Å². The lowest BCUT2D eigenvalue weighted by Crippen LogP contribution is -2.02. The summed E-state index contributed by atoms with van der Waals surface area (Å²) in [5.74, 6) is -0.305. The third kappa shape index (κ3) is 1.63. The highest BCUT2D eigenvalue weighted by Crippen LogP contribution is 2.28. The minimum Gasteiger partial charge on any atom is -0.465 e. The molecule has 1 aromatic heterocycles. The Morgan fingerprint density at radius 3 is 2.75 bits per heavy atom. The number of rotatable bonds is 1. The van der Waals surface area contributed by atoms with Gasteiger partial charge in [-0.15, -0.1) is 0 Å². The molecule has 0 aliphatic rings. The fourth-order valence-corrected chi connectivity index (χ4v) is 2.43. The van der Waals surface area contributed by atoms with E-state index in [-0.39, 0.29) is 5.97 Å². The molecule has 0 aliphatic heterocycles. The fourth-order valence-electron chi connectivity index (χ4n) is 1.98. The van der Waals surface area contributed by atoms with Crippen LogP contribution >= 0.6 is 15.9 Å². The molecular weight excluding hydrogens is 270 g/mol. The van der Waals surface area contributed by atoms with Crippen LogP contribution in [0.4, 0.5) is 0 Å². The van der Waals surface area contributed by atoms with Crippen molar-refractivity contribution in [3.05, 3.63) is 33.9 Å². The van der Waals surface area contributed by atoms with E-state index in [0.717, 1.165) is 20.9 Å².